The van der Waals surface area contributed by atoms with E-state index in [1.807, 2.05) is 0 Å². The summed E-state index contributed by atoms with van der Waals surface area (Å²) in [4.78, 5) is 23.7. The molecule has 0 radical (unpaired) electrons. The van der Waals surface area contributed by atoms with Gasteiger partial charge in [-0.2, -0.15) is 0 Å². The number of benzene rings is 1. The lowest BCUT2D eigenvalue weighted by molar-refractivity contribution is -0.142. The second-order valence-electron chi connectivity index (χ2n) is 4.73. The van der Waals surface area contributed by atoms with Crippen molar-refractivity contribution in [2.45, 2.75) is 11.8 Å². The van der Waals surface area contributed by atoms with Crippen molar-refractivity contribution in [3.8, 4) is 0 Å². The van der Waals surface area contributed by atoms with Crippen LogP contribution in [0.15, 0.2) is 29.2 Å². The molecule has 1 aromatic rings. The van der Waals surface area contributed by atoms with Gasteiger partial charge >= 0.3 is 5.97 Å². The number of hydrogen-bond acceptors (Lipinski definition) is 4. The summed E-state index contributed by atoms with van der Waals surface area (Å²) >= 11 is 5.68. The van der Waals surface area contributed by atoms with Crippen LogP contribution in [0.4, 0.5) is 0 Å². The molecule has 1 aromatic carbocycles. The number of halogens is 1. The van der Waals surface area contributed by atoms with Crippen LogP contribution in [-0.2, 0) is 19.4 Å². The SMILES string of the molecule is CC(CN(C)C(=O)CS(=O)(=O)c1ccc(Cl)cc1)C(=O)O. The molecule has 0 aromatic heterocycles. The van der Waals surface area contributed by atoms with Gasteiger partial charge in [-0.15, -0.1) is 0 Å². The molecule has 0 saturated heterocycles. The van der Waals surface area contributed by atoms with Gasteiger partial charge in [-0.25, -0.2) is 8.42 Å². The largest absolute Gasteiger partial charge is 0.481 e. The van der Waals surface area contributed by atoms with Gasteiger partial charge in [0.05, 0.1) is 10.8 Å². The highest BCUT2D eigenvalue weighted by Gasteiger charge is 2.24. The predicted octanol–water partition coefficient (Wildman–Crippen LogP) is 1.29. The first kappa shape index (κ1) is 17.5. The van der Waals surface area contributed by atoms with E-state index in [4.69, 9.17) is 16.7 Å². The quantitative estimate of drug-likeness (QED) is 0.847. The Morgan fingerprint density at radius 2 is 1.81 bits per heavy atom. The van der Waals surface area contributed by atoms with Crippen LogP contribution in [-0.4, -0.2) is 49.6 Å². The maximum atomic E-state index is 12.1. The first-order chi connectivity index (χ1) is 9.63. The summed E-state index contributed by atoms with van der Waals surface area (Å²) in [6, 6.07) is 5.50. The molecule has 0 fully saturated rings. The lowest BCUT2D eigenvalue weighted by Gasteiger charge is -2.19. The predicted molar refractivity (Wildman–Crippen MR) is 77.9 cm³/mol. The van der Waals surface area contributed by atoms with Crippen LogP contribution in [0.1, 0.15) is 6.92 Å². The number of hydrogen-bond donors (Lipinski definition) is 1. The molecule has 0 heterocycles. The molecule has 0 aliphatic carbocycles. The minimum absolute atomic E-state index is 0.0000620. The Morgan fingerprint density at radius 1 is 1.29 bits per heavy atom. The van der Waals surface area contributed by atoms with Gasteiger partial charge in [-0.3, -0.25) is 9.59 Å². The highest BCUT2D eigenvalue weighted by Crippen LogP contribution is 2.16. The molecule has 1 N–H and O–H groups in total. The van der Waals surface area contributed by atoms with Gasteiger partial charge in [-0.05, 0) is 24.3 Å². The molecule has 8 heteroatoms. The maximum Gasteiger partial charge on any atom is 0.308 e. The number of carboxylic acids is 1. The first-order valence-electron chi connectivity index (χ1n) is 6.08. The number of carboxylic acid groups (broad SMARTS) is 1. The molecule has 116 valence electrons. The monoisotopic (exact) mass is 333 g/mol. The van der Waals surface area contributed by atoms with Gasteiger partial charge < -0.3 is 10.0 Å². The minimum atomic E-state index is -3.77. The van der Waals surface area contributed by atoms with E-state index in [-0.39, 0.29) is 11.4 Å². The normalized spacial score (nSPS) is 12.7. The van der Waals surface area contributed by atoms with E-state index in [9.17, 15) is 18.0 Å². The number of carbonyl (C=O) groups is 2. The second kappa shape index (κ2) is 6.91. The van der Waals surface area contributed by atoms with Crippen LogP contribution >= 0.6 is 11.6 Å². The van der Waals surface area contributed by atoms with Crippen LogP contribution in [0, 0.1) is 5.92 Å². The van der Waals surface area contributed by atoms with Gasteiger partial charge in [0.15, 0.2) is 9.84 Å². The summed E-state index contributed by atoms with van der Waals surface area (Å²) in [5, 5.41) is 9.18. The molecular formula is C13H16ClNO5S. The van der Waals surface area contributed by atoms with E-state index in [1.54, 1.807) is 0 Å². The third-order valence-corrected chi connectivity index (χ3v) is 4.75. The van der Waals surface area contributed by atoms with Gasteiger partial charge in [0.1, 0.15) is 5.75 Å². The zero-order valence-electron chi connectivity index (χ0n) is 11.6. The molecule has 1 rings (SSSR count). The van der Waals surface area contributed by atoms with Crippen LogP contribution in [0.3, 0.4) is 0 Å². The summed E-state index contributed by atoms with van der Waals surface area (Å²) < 4.78 is 24.1. The van der Waals surface area contributed by atoms with Crippen LogP contribution in [0.5, 0.6) is 0 Å². The summed E-state index contributed by atoms with van der Waals surface area (Å²) in [5.74, 6) is -3.18. The lowest BCUT2D eigenvalue weighted by Crippen LogP contribution is -2.37. The Hall–Kier alpha value is -1.60. The van der Waals surface area contributed by atoms with E-state index >= 15 is 0 Å². The molecule has 0 bridgehead atoms. The Labute approximate surface area is 128 Å². The summed E-state index contributed by atoms with van der Waals surface area (Å²) in [6.07, 6.45) is 0. The number of aliphatic carboxylic acids is 1. The second-order valence-corrected chi connectivity index (χ2v) is 7.15. The van der Waals surface area contributed by atoms with Crippen molar-refractivity contribution in [1.29, 1.82) is 0 Å². The topological polar surface area (TPSA) is 91.8 Å². The molecule has 1 unspecified atom stereocenters. The zero-order chi connectivity index (χ0) is 16.2. The van der Waals surface area contributed by atoms with Crippen LogP contribution in [0.25, 0.3) is 0 Å². The Kier molecular flexibility index (Phi) is 5.74. The highest BCUT2D eigenvalue weighted by atomic mass is 35.5. The van der Waals surface area contributed by atoms with Crippen LogP contribution < -0.4 is 0 Å². The summed E-state index contributed by atoms with van der Waals surface area (Å²) in [6.45, 7) is 1.39. The average molecular weight is 334 g/mol. The molecule has 0 aliphatic rings. The molecule has 1 atom stereocenters. The van der Waals surface area contributed by atoms with Gasteiger partial charge in [0.2, 0.25) is 5.91 Å². The molecule has 21 heavy (non-hydrogen) atoms. The fourth-order valence-electron chi connectivity index (χ4n) is 1.59. The zero-order valence-corrected chi connectivity index (χ0v) is 13.2. The number of carbonyl (C=O) groups excluding carboxylic acids is 1. The van der Waals surface area contributed by atoms with E-state index < -0.39 is 33.4 Å². The van der Waals surface area contributed by atoms with Crippen LogP contribution in [0.2, 0.25) is 5.02 Å². The summed E-state index contributed by atoms with van der Waals surface area (Å²) in [7, 11) is -2.40. The van der Waals surface area contributed by atoms with E-state index in [2.05, 4.69) is 0 Å². The minimum Gasteiger partial charge on any atom is -0.481 e. The Morgan fingerprint density at radius 3 is 2.29 bits per heavy atom. The Balaban J connectivity index is 2.77. The molecular weight excluding hydrogens is 318 g/mol. The molecule has 1 amide bonds. The van der Waals surface area contributed by atoms with Crippen molar-refractivity contribution < 1.29 is 23.1 Å². The van der Waals surface area contributed by atoms with Crippen molar-refractivity contribution in [1.82, 2.24) is 4.90 Å². The van der Waals surface area contributed by atoms with Crippen molar-refractivity contribution in [3.63, 3.8) is 0 Å². The van der Waals surface area contributed by atoms with Gasteiger partial charge in [0, 0.05) is 18.6 Å². The van der Waals surface area contributed by atoms with E-state index in [1.165, 1.54) is 38.2 Å². The molecule has 0 aliphatic heterocycles. The third-order valence-electron chi connectivity index (χ3n) is 2.88. The first-order valence-corrected chi connectivity index (χ1v) is 8.11. The van der Waals surface area contributed by atoms with E-state index in [0.717, 1.165) is 4.90 Å². The number of rotatable bonds is 6. The number of nitrogens with zero attached hydrogens (tertiary/aromatic N) is 1. The lowest BCUT2D eigenvalue weighted by atomic mass is 10.2. The highest BCUT2D eigenvalue weighted by molar-refractivity contribution is 7.92. The van der Waals surface area contributed by atoms with Crippen molar-refractivity contribution in [2.75, 3.05) is 19.3 Å². The van der Waals surface area contributed by atoms with E-state index in [0.29, 0.717) is 5.02 Å². The summed E-state index contributed by atoms with van der Waals surface area (Å²) in [5.41, 5.74) is 0. The fourth-order valence-corrected chi connectivity index (χ4v) is 2.98. The van der Waals surface area contributed by atoms with Gasteiger partial charge in [-0.1, -0.05) is 18.5 Å². The molecule has 0 saturated carbocycles. The number of amides is 1. The molecule has 6 nitrogen and oxygen atoms in total. The average Bonchev–Trinajstić information content (AvgIpc) is 2.38. The molecule has 0 spiro atoms. The van der Waals surface area contributed by atoms with Crippen molar-refractivity contribution in [2.24, 2.45) is 5.92 Å². The smallest absolute Gasteiger partial charge is 0.308 e. The van der Waals surface area contributed by atoms with Crippen molar-refractivity contribution >= 4 is 33.3 Å². The standard InChI is InChI=1S/C13H16ClNO5S/c1-9(13(17)18)7-15(2)12(16)8-21(19,20)11-5-3-10(14)4-6-11/h3-6,9H,7-8H2,1-2H3,(H,17,18). The van der Waals surface area contributed by atoms with Gasteiger partial charge in [0.25, 0.3) is 0 Å². The Bertz CT molecular complexity index is 626. The maximum absolute atomic E-state index is 12.1. The fraction of sp³-hybridized carbons (Fsp3) is 0.385. The van der Waals surface area contributed by atoms with Crippen molar-refractivity contribution in [3.05, 3.63) is 29.3 Å². The number of sulfone groups is 1. The third kappa shape index (κ3) is 5.02.